The van der Waals surface area contributed by atoms with Gasteiger partial charge in [0.25, 0.3) is 0 Å². The molecule has 1 saturated carbocycles. The summed E-state index contributed by atoms with van der Waals surface area (Å²) in [6, 6.07) is 4.97. The van der Waals surface area contributed by atoms with Crippen LogP contribution in [0.25, 0.3) is 0 Å². The second kappa shape index (κ2) is 6.46. The van der Waals surface area contributed by atoms with Crippen molar-refractivity contribution in [1.29, 1.82) is 0 Å². The molecule has 2 unspecified atom stereocenters. The van der Waals surface area contributed by atoms with Gasteiger partial charge in [0, 0.05) is 11.1 Å². The van der Waals surface area contributed by atoms with Crippen LogP contribution in [0.15, 0.2) is 18.2 Å². The quantitative estimate of drug-likeness (QED) is 0.873. The van der Waals surface area contributed by atoms with Gasteiger partial charge >= 0.3 is 6.09 Å². The Morgan fingerprint density at radius 2 is 2.16 bits per heavy atom. The SMILES string of the molecule is NC1CCCC(OC(=O)Nc2cc(Cl)ccc2Cl)C1. The normalized spacial score (nSPS) is 22.9. The first-order chi connectivity index (χ1) is 9.04. The molecule has 0 aromatic heterocycles. The van der Waals surface area contributed by atoms with Crippen molar-refractivity contribution in [2.75, 3.05) is 5.32 Å². The highest BCUT2D eigenvalue weighted by atomic mass is 35.5. The van der Waals surface area contributed by atoms with Crippen LogP contribution in [0.4, 0.5) is 10.5 Å². The molecule has 1 fully saturated rings. The van der Waals surface area contributed by atoms with E-state index in [1.165, 1.54) is 0 Å². The van der Waals surface area contributed by atoms with E-state index in [2.05, 4.69) is 5.32 Å². The molecule has 0 heterocycles. The molecule has 0 spiro atoms. The minimum Gasteiger partial charge on any atom is -0.446 e. The molecule has 2 atom stereocenters. The van der Waals surface area contributed by atoms with Crippen LogP contribution >= 0.6 is 23.2 Å². The molecule has 6 heteroatoms. The van der Waals surface area contributed by atoms with Crippen LogP contribution in [0.3, 0.4) is 0 Å². The number of hydrogen-bond donors (Lipinski definition) is 2. The first kappa shape index (κ1) is 14.4. The summed E-state index contributed by atoms with van der Waals surface area (Å²) >= 11 is 11.8. The van der Waals surface area contributed by atoms with Crippen LogP contribution in [-0.2, 0) is 4.74 Å². The standard InChI is InChI=1S/C13H16Cl2N2O2/c14-8-4-5-11(15)12(6-8)17-13(18)19-10-3-1-2-9(16)7-10/h4-6,9-10H,1-3,7,16H2,(H,17,18). The van der Waals surface area contributed by atoms with Gasteiger partial charge in [-0.05, 0) is 43.9 Å². The maximum absolute atomic E-state index is 11.8. The van der Waals surface area contributed by atoms with E-state index in [0.717, 1.165) is 19.3 Å². The van der Waals surface area contributed by atoms with E-state index in [0.29, 0.717) is 22.2 Å². The molecule has 1 aromatic carbocycles. The van der Waals surface area contributed by atoms with Crippen LogP contribution in [0.1, 0.15) is 25.7 Å². The Labute approximate surface area is 122 Å². The van der Waals surface area contributed by atoms with E-state index < -0.39 is 6.09 Å². The minimum atomic E-state index is -0.525. The Morgan fingerprint density at radius 1 is 1.37 bits per heavy atom. The van der Waals surface area contributed by atoms with E-state index in [-0.39, 0.29) is 12.1 Å². The fourth-order valence-corrected chi connectivity index (χ4v) is 2.51. The first-order valence-electron chi connectivity index (χ1n) is 6.23. The lowest BCUT2D eigenvalue weighted by atomic mass is 9.94. The highest BCUT2D eigenvalue weighted by molar-refractivity contribution is 6.35. The van der Waals surface area contributed by atoms with E-state index in [4.69, 9.17) is 33.7 Å². The summed E-state index contributed by atoms with van der Waals surface area (Å²) in [6.45, 7) is 0. The van der Waals surface area contributed by atoms with Gasteiger partial charge in [-0.2, -0.15) is 0 Å². The molecular formula is C13H16Cl2N2O2. The lowest BCUT2D eigenvalue weighted by Crippen LogP contribution is -2.34. The number of nitrogens with two attached hydrogens (primary N) is 1. The van der Waals surface area contributed by atoms with Crippen LogP contribution in [0.2, 0.25) is 10.0 Å². The molecule has 0 aliphatic heterocycles. The van der Waals surface area contributed by atoms with Gasteiger partial charge < -0.3 is 10.5 Å². The van der Waals surface area contributed by atoms with Crippen molar-refractivity contribution in [3.8, 4) is 0 Å². The van der Waals surface area contributed by atoms with Crippen molar-refractivity contribution in [2.24, 2.45) is 5.73 Å². The zero-order valence-electron chi connectivity index (χ0n) is 10.4. The summed E-state index contributed by atoms with van der Waals surface area (Å²) in [4.78, 5) is 11.8. The number of nitrogens with one attached hydrogen (secondary N) is 1. The van der Waals surface area contributed by atoms with Gasteiger partial charge in [0.1, 0.15) is 6.10 Å². The number of rotatable bonds is 2. The van der Waals surface area contributed by atoms with Crippen molar-refractivity contribution in [3.05, 3.63) is 28.2 Å². The predicted octanol–water partition coefficient (Wildman–Crippen LogP) is 3.81. The van der Waals surface area contributed by atoms with Crippen molar-refractivity contribution in [2.45, 2.75) is 37.8 Å². The van der Waals surface area contributed by atoms with Gasteiger partial charge in [0.2, 0.25) is 0 Å². The van der Waals surface area contributed by atoms with Crippen molar-refractivity contribution >= 4 is 35.0 Å². The monoisotopic (exact) mass is 302 g/mol. The van der Waals surface area contributed by atoms with E-state index in [1.54, 1.807) is 18.2 Å². The van der Waals surface area contributed by atoms with Gasteiger partial charge in [0.15, 0.2) is 0 Å². The van der Waals surface area contributed by atoms with Crippen LogP contribution in [0.5, 0.6) is 0 Å². The van der Waals surface area contributed by atoms with E-state index in [1.807, 2.05) is 0 Å². The third-order valence-corrected chi connectivity index (χ3v) is 3.67. The highest BCUT2D eigenvalue weighted by Gasteiger charge is 2.22. The second-order valence-electron chi connectivity index (χ2n) is 4.70. The molecular weight excluding hydrogens is 287 g/mol. The maximum Gasteiger partial charge on any atom is 0.411 e. The average Bonchev–Trinajstić information content (AvgIpc) is 2.34. The molecule has 3 N–H and O–H groups in total. The molecule has 1 aliphatic rings. The Kier molecular flexibility index (Phi) is 4.91. The van der Waals surface area contributed by atoms with Crippen LogP contribution in [-0.4, -0.2) is 18.2 Å². The summed E-state index contributed by atoms with van der Waals surface area (Å²) in [5.74, 6) is 0. The molecule has 0 radical (unpaired) electrons. The van der Waals surface area contributed by atoms with Gasteiger partial charge in [-0.25, -0.2) is 4.79 Å². The van der Waals surface area contributed by atoms with Gasteiger partial charge in [-0.15, -0.1) is 0 Å². The molecule has 1 aromatic rings. The van der Waals surface area contributed by atoms with E-state index >= 15 is 0 Å². The van der Waals surface area contributed by atoms with Crippen LogP contribution in [0, 0.1) is 0 Å². The predicted molar refractivity (Wildman–Crippen MR) is 76.8 cm³/mol. The number of ether oxygens (including phenoxy) is 1. The zero-order valence-corrected chi connectivity index (χ0v) is 11.9. The van der Waals surface area contributed by atoms with Crippen molar-refractivity contribution in [1.82, 2.24) is 0 Å². The first-order valence-corrected chi connectivity index (χ1v) is 6.98. The van der Waals surface area contributed by atoms with Gasteiger partial charge in [-0.1, -0.05) is 23.2 Å². The maximum atomic E-state index is 11.8. The summed E-state index contributed by atoms with van der Waals surface area (Å²) in [6.07, 6.45) is 2.88. The number of hydrogen-bond acceptors (Lipinski definition) is 3. The summed E-state index contributed by atoms with van der Waals surface area (Å²) in [7, 11) is 0. The minimum absolute atomic E-state index is 0.112. The number of halogens is 2. The fourth-order valence-electron chi connectivity index (χ4n) is 2.17. The number of anilines is 1. The van der Waals surface area contributed by atoms with E-state index in [9.17, 15) is 4.79 Å². The fraction of sp³-hybridized carbons (Fsp3) is 0.462. The smallest absolute Gasteiger partial charge is 0.411 e. The molecule has 19 heavy (non-hydrogen) atoms. The molecule has 104 valence electrons. The van der Waals surface area contributed by atoms with Crippen molar-refractivity contribution in [3.63, 3.8) is 0 Å². The zero-order chi connectivity index (χ0) is 13.8. The summed E-state index contributed by atoms with van der Waals surface area (Å²) < 4.78 is 5.33. The molecule has 1 amide bonds. The largest absolute Gasteiger partial charge is 0.446 e. The third-order valence-electron chi connectivity index (χ3n) is 3.11. The molecule has 1 aliphatic carbocycles. The highest BCUT2D eigenvalue weighted by Crippen LogP contribution is 2.26. The lowest BCUT2D eigenvalue weighted by Gasteiger charge is -2.26. The van der Waals surface area contributed by atoms with Crippen molar-refractivity contribution < 1.29 is 9.53 Å². The molecule has 2 rings (SSSR count). The second-order valence-corrected chi connectivity index (χ2v) is 5.55. The number of benzene rings is 1. The third kappa shape index (κ3) is 4.27. The number of carbonyl (C=O) groups is 1. The number of amides is 1. The summed E-state index contributed by atoms with van der Waals surface area (Å²) in [5.41, 5.74) is 6.29. The molecule has 0 saturated heterocycles. The van der Waals surface area contributed by atoms with Gasteiger partial charge in [-0.3, -0.25) is 5.32 Å². The molecule has 4 nitrogen and oxygen atoms in total. The van der Waals surface area contributed by atoms with Crippen LogP contribution < -0.4 is 11.1 Å². The Hall–Kier alpha value is -0.970. The molecule has 0 bridgehead atoms. The topological polar surface area (TPSA) is 64.3 Å². The lowest BCUT2D eigenvalue weighted by molar-refractivity contribution is 0.0811. The Bertz CT molecular complexity index is 468. The Morgan fingerprint density at radius 3 is 2.89 bits per heavy atom. The number of carbonyl (C=O) groups excluding carboxylic acids is 1. The average molecular weight is 303 g/mol. The van der Waals surface area contributed by atoms with Gasteiger partial charge in [0.05, 0.1) is 10.7 Å². The summed E-state index contributed by atoms with van der Waals surface area (Å²) in [5, 5.41) is 3.51. The Balaban J connectivity index is 1.92.